The molecule has 15 heavy (non-hydrogen) atoms. The molecule has 0 atom stereocenters. The highest BCUT2D eigenvalue weighted by atomic mass is 35.5. The lowest BCUT2D eigenvalue weighted by Crippen LogP contribution is -1.91. The molecular weight excluding hydrogens is 218 g/mol. The molecule has 0 saturated heterocycles. The Kier molecular flexibility index (Phi) is 2.39. The molecule has 0 unspecified atom stereocenters. The monoisotopic (exact) mass is 223 g/mol. The highest BCUT2D eigenvalue weighted by Crippen LogP contribution is 2.35. The van der Waals surface area contributed by atoms with E-state index in [1.807, 2.05) is 0 Å². The van der Waals surface area contributed by atoms with Gasteiger partial charge in [-0.05, 0) is 6.07 Å². The second-order valence-corrected chi connectivity index (χ2v) is 3.29. The Morgan fingerprint density at radius 3 is 2.87 bits per heavy atom. The maximum absolute atomic E-state index is 10.8. The number of halogens is 1. The molecule has 0 aliphatic carbocycles. The molecule has 2 aromatic rings. The van der Waals surface area contributed by atoms with Crippen LogP contribution in [0.15, 0.2) is 30.6 Å². The van der Waals surface area contributed by atoms with Crippen molar-refractivity contribution >= 4 is 17.3 Å². The van der Waals surface area contributed by atoms with Crippen molar-refractivity contribution in [2.45, 2.75) is 0 Å². The van der Waals surface area contributed by atoms with E-state index in [1.165, 1.54) is 12.3 Å². The van der Waals surface area contributed by atoms with Gasteiger partial charge in [-0.15, -0.1) is 0 Å². The summed E-state index contributed by atoms with van der Waals surface area (Å²) in [7, 11) is 0. The van der Waals surface area contributed by atoms with Gasteiger partial charge in [-0.1, -0.05) is 17.7 Å². The van der Waals surface area contributed by atoms with E-state index in [4.69, 9.17) is 11.6 Å². The van der Waals surface area contributed by atoms with Gasteiger partial charge in [0.2, 0.25) is 0 Å². The number of aromatic amines is 1. The third-order valence-electron chi connectivity index (χ3n) is 1.98. The predicted octanol–water partition coefficient (Wildman–Crippen LogP) is 2.64. The van der Waals surface area contributed by atoms with Crippen molar-refractivity contribution < 1.29 is 4.92 Å². The van der Waals surface area contributed by atoms with Crippen LogP contribution >= 0.6 is 11.6 Å². The Balaban J connectivity index is 2.68. The zero-order valence-corrected chi connectivity index (χ0v) is 8.23. The summed E-state index contributed by atoms with van der Waals surface area (Å²) in [5.41, 5.74) is 0.967. The van der Waals surface area contributed by atoms with E-state index in [9.17, 15) is 10.1 Å². The van der Waals surface area contributed by atoms with Gasteiger partial charge in [0.15, 0.2) is 0 Å². The maximum Gasteiger partial charge on any atom is 0.278 e. The van der Waals surface area contributed by atoms with Gasteiger partial charge in [0.05, 0.1) is 21.7 Å². The molecule has 5 nitrogen and oxygen atoms in total. The zero-order valence-electron chi connectivity index (χ0n) is 7.48. The molecule has 6 heteroatoms. The van der Waals surface area contributed by atoms with Gasteiger partial charge in [-0.2, -0.15) is 5.10 Å². The number of H-pyrrole nitrogens is 1. The van der Waals surface area contributed by atoms with Crippen LogP contribution in [0.2, 0.25) is 5.02 Å². The molecule has 0 radical (unpaired) electrons. The Morgan fingerprint density at radius 1 is 1.47 bits per heavy atom. The minimum Gasteiger partial charge on any atom is -0.285 e. The first-order chi connectivity index (χ1) is 7.20. The van der Waals surface area contributed by atoms with Crippen LogP contribution in [0, 0.1) is 10.1 Å². The summed E-state index contributed by atoms with van der Waals surface area (Å²) in [4.78, 5) is 10.3. The molecule has 1 aromatic carbocycles. The second-order valence-electron chi connectivity index (χ2n) is 2.88. The van der Waals surface area contributed by atoms with E-state index >= 15 is 0 Å². The molecule has 0 aliphatic rings. The summed E-state index contributed by atoms with van der Waals surface area (Å²) >= 11 is 5.92. The van der Waals surface area contributed by atoms with E-state index in [0.717, 1.165) is 0 Å². The fourth-order valence-corrected chi connectivity index (χ4v) is 1.62. The third-order valence-corrected chi connectivity index (χ3v) is 2.29. The molecule has 1 heterocycles. The summed E-state index contributed by atoms with van der Waals surface area (Å²) in [5, 5.41) is 17.4. The van der Waals surface area contributed by atoms with Crippen molar-refractivity contribution in [3.05, 3.63) is 45.7 Å². The number of nitrogens with one attached hydrogen (secondary N) is 1. The van der Waals surface area contributed by atoms with E-state index in [2.05, 4.69) is 10.2 Å². The SMILES string of the molecule is O=[N+]([O-])c1cccc(Cl)c1-c1cn[nH]c1. The van der Waals surface area contributed by atoms with Crippen LogP contribution < -0.4 is 0 Å². The fraction of sp³-hybridized carbons (Fsp3) is 0. The van der Waals surface area contributed by atoms with Crippen molar-refractivity contribution in [1.82, 2.24) is 10.2 Å². The summed E-state index contributed by atoms with van der Waals surface area (Å²) in [6.07, 6.45) is 3.06. The van der Waals surface area contributed by atoms with Crippen LogP contribution in [0.25, 0.3) is 11.1 Å². The number of nitro groups is 1. The van der Waals surface area contributed by atoms with Gasteiger partial charge in [-0.25, -0.2) is 0 Å². The number of nitro benzene ring substituents is 1. The number of benzene rings is 1. The molecule has 0 aliphatic heterocycles. The average molecular weight is 224 g/mol. The lowest BCUT2D eigenvalue weighted by molar-refractivity contribution is -0.384. The fourth-order valence-electron chi connectivity index (χ4n) is 1.34. The topological polar surface area (TPSA) is 71.8 Å². The quantitative estimate of drug-likeness (QED) is 0.628. The number of nitrogens with zero attached hydrogens (tertiary/aromatic N) is 2. The zero-order chi connectivity index (χ0) is 10.8. The van der Waals surface area contributed by atoms with Gasteiger partial charge < -0.3 is 0 Å². The minimum atomic E-state index is -0.464. The van der Waals surface area contributed by atoms with Gasteiger partial charge in [-0.3, -0.25) is 15.2 Å². The Hall–Kier alpha value is -1.88. The molecule has 0 saturated carbocycles. The smallest absolute Gasteiger partial charge is 0.278 e. The summed E-state index contributed by atoms with van der Waals surface area (Å²) in [5.74, 6) is 0. The van der Waals surface area contributed by atoms with Crippen LogP contribution in [-0.4, -0.2) is 15.1 Å². The predicted molar refractivity (Wildman–Crippen MR) is 55.7 cm³/mol. The van der Waals surface area contributed by atoms with E-state index in [1.54, 1.807) is 18.3 Å². The second kappa shape index (κ2) is 3.70. The molecule has 2 rings (SSSR count). The van der Waals surface area contributed by atoms with Crippen molar-refractivity contribution in [2.24, 2.45) is 0 Å². The molecule has 0 spiro atoms. The Morgan fingerprint density at radius 2 is 2.27 bits per heavy atom. The first kappa shape index (κ1) is 9.67. The highest BCUT2D eigenvalue weighted by molar-refractivity contribution is 6.33. The largest absolute Gasteiger partial charge is 0.285 e. The maximum atomic E-state index is 10.8. The van der Waals surface area contributed by atoms with Crippen LogP contribution in [-0.2, 0) is 0 Å². The summed E-state index contributed by atoms with van der Waals surface area (Å²) < 4.78 is 0. The summed E-state index contributed by atoms with van der Waals surface area (Å²) in [6, 6.07) is 4.56. The normalized spacial score (nSPS) is 10.2. The van der Waals surface area contributed by atoms with E-state index in [-0.39, 0.29) is 5.69 Å². The lowest BCUT2D eigenvalue weighted by atomic mass is 10.1. The molecular formula is C9H6ClN3O2. The molecule has 76 valence electrons. The number of rotatable bonds is 2. The Bertz CT molecular complexity index is 496. The number of hydrogen-bond acceptors (Lipinski definition) is 3. The van der Waals surface area contributed by atoms with Crippen LogP contribution in [0.3, 0.4) is 0 Å². The van der Waals surface area contributed by atoms with E-state index < -0.39 is 4.92 Å². The van der Waals surface area contributed by atoms with Gasteiger partial charge >= 0.3 is 0 Å². The van der Waals surface area contributed by atoms with Crippen molar-refractivity contribution in [3.63, 3.8) is 0 Å². The summed E-state index contributed by atoms with van der Waals surface area (Å²) in [6.45, 7) is 0. The number of aromatic nitrogens is 2. The minimum absolute atomic E-state index is 0.0242. The average Bonchev–Trinajstić information content (AvgIpc) is 2.70. The van der Waals surface area contributed by atoms with Crippen molar-refractivity contribution in [3.8, 4) is 11.1 Å². The molecule has 1 N–H and O–H groups in total. The molecule has 1 aromatic heterocycles. The van der Waals surface area contributed by atoms with Crippen LogP contribution in [0.4, 0.5) is 5.69 Å². The van der Waals surface area contributed by atoms with Gasteiger partial charge in [0, 0.05) is 17.8 Å². The van der Waals surface area contributed by atoms with Gasteiger partial charge in [0.1, 0.15) is 0 Å². The molecule has 0 bridgehead atoms. The van der Waals surface area contributed by atoms with Crippen LogP contribution in [0.5, 0.6) is 0 Å². The highest BCUT2D eigenvalue weighted by Gasteiger charge is 2.18. The number of hydrogen-bond donors (Lipinski definition) is 1. The lowest BCUT2D eigenvalue weighted by Gasteiger charge is -2.01. The van der Waals surface area contributed by atoms with Crippen molar-refractivity contribution in [1.29, 1.82) is 0 Å². The third kappa shape index (κ3) is 1.69. The van der Waals surface area contributed by atoms with Gasteiger partial charge in [0.25, 0.3) is 5.69 Å². The van der Waals surface area contributed by atoms with E-state index in [0.29, 0.717) is 16.1 Å². The molecule has 0 fully saturated rings. The van der Waals surface area contributed by atoms with Crippen molar-refractivity contribution in [2.75, 3.05) is 0 Å². The Labute approximate surface area is 89.8 Å². The first-order valence-electron chi connectivity index (χ1n) is 4.12. The van der Waals surface area contributed by atoms with Crippen LogP contribution in [0.1, 0.15) is 0 Å². The standard InChI is InChI=1S/C9H6ClN3O2/c10-7-2-1-3-8(13(14)15)9(7)6-4-11-12-5-6/h1-5H,(H,11,12). The first-order valence-corrected chi connectivity index (χ1v) is 4.50. The molecule has 0 amide bonds.